The predicted octanol–water partition coefficient (Wildman–Crippen LogP) is 3.75. The van der Waals surface area contributed by atoms with Gasteiger partial charge in [-0.15, -0.1) is 0 Å². The van der Waals surface area contributed by atoms with Gasteiger partial charge in [-0.1, -0.05) is 43.5 Å². The highest BCUT2D eigenvalue weighted by molar-refractivity contribution is 7.92. The van der Waals surface area contributed by atoms with Gasteiger partial charge in [0.25, 0.3) is 10.0 Å². The summed E-state index contributed by atoms with van der Waals surface area (Å²) in [6, 6.07) is 14.8. The third-order valence-corrected chi connectivity index (χ3v) is 7.30. The summed E-state index contributed by atoms with van der Waals surface area (Å²) in [7, 11) is -2.42. The summed E-state index contributed by atoms with van der Waals surface area (Å²) in [6.07, 6.45) is 6.96. The molecule has 0 heterocycles. The first-order valence-corrected chi connectivity index (χ1v) is 12.5. The first-order valence-electron chi connectivity index (χ1n) is 11.1. The second kappa shape index (κ2) is 11.9. The highest BCUT2D eigenvalue weighted by Gasteiger charge is 2.27. The van der Waals surface area contributed by atoms with Crippen molar-refractivity contribution in [1.29, 1.82) is 0 Å². The number of nitrogens with one attached hydrogen (secondary N) is 1. The normalized spacial score (nSPS) is 14.7. The number of ether oxygens (including phenoxy) is 2. The fourth-order valence-corrected chi connectivity index (χ4v) is 5.20. The zero-order valence-corrected chi connectivity index (χ0v) is 19.4. The van der Waals surface area contributed by atoms with E-state index in [-0.39, 0.29) is 17.3 Å². The van der Waals surface area contributed by atoms with Gasteiger partial charge in [-0.25, -0.2) is 8.42 Å². The largest absolute Gasteiger partial charge is 0.497 e. The van der Waals surface area contributed by atoms with Gasteiger partial charge in [0.15, 0.2) is 0 Å². The van der Waals surface area contributed by atoms with Gasteiger partial charge in [0, 0.05) is 19.2 Å². The Hall–Kier alpha value is -2.58. The summed E-state index contributed by atoms with van der Waals surface area (Å²) >= 11 is 0. The second-order valence-corrected chi connectivity index (χ2v) is 9.72. The Kier molecular flexibility index (Phi) is 8.93. The number of hydrogen-bond acceptors (Lipinski definition) is 5. The summed E-state index contributed by atoms with van der Waals surface area (Å²) in [6.45, 7) is 0.698. The first-order chi connectivity index (χ1) is 15.5. The SMILES string of the molecule is COc1cccc(N(CC(=O)NCCCOC2CCCCC2)S(=O)(=O)c2ccccc2)c1. The lowest BCUT2D eigenvalue weighted by atomic mass is 9.98. The Morgan fingerprint density at radius 1 is 1.06 bits per heavy atom. The fraction of sp³-hybridized carbons (Fsp3) is 0.458. The summed E-state index contributed by atoms with van der Waals surface area (Å²) in [5.74, 6) is 0.140. The van der Waals surface area contributed by atoms with Gasteiger partial charge in [0.05, 0.1) is 23.8 Å². The molecule has 1 amide bonds. The molecule has 1 aliphatic carbocycles. The van der Waals surface area contributed by atoms with Crippen molar-refractivity contribution in [2.24, 2.45) is 0 Å². The van der Waals surface area contributed by atoms with Gasteiger partial charge < -0.3 is 14.8 Å². The van der Waals surface area contributed by atoms with Crippen molar-refractivity contribution >= 4 is 21.6 Å². The Bertz CT molecular complexity index is 959. The number of amides is 1. The molecule has 0 spiro atoms. The van der Waals surface area contributed by atoms with Crippen molar-refractivity contribution in [2.45, 2.75) is 49.5 Å². The zero-order valence-electron chi connectivity index (χ0n) is 18.5. The molecular formula is C24H32N2O5S. The molecule has 1 aliphatic rings. The van der Waals surface area contributed by atoms with Gasteiger partial charge in [-0.05, 0) is 43.5 Å². The van der Waals surface area contributed by atoms with Crippen LogP contribution < -0.4 is 14.4 Å². The molecule has 2 aromatic carbocycles. The third-order valence-electron chi connectivity index (χ3n) is 5.51. The average Bonchev–Trinajstić information content (AvgIpc) is 2.83. The number of rotatable bonds is 11. The molecular weight excluding hydrogens is 428 g/mol. The quantitative estimate of drug-likeness (QED) is 0.516. The summed E-state index contributed by atoms with van der Waals surface area (Å²) in [5.41, 5.74) is 0.365. The maximum Gasteiger partial charge on any atom is 0.264 e. The second-order valence-electron chi connectivity index (χ2n) is 7.86. The topological polar surface area (TPSA) is 84.9 Å². The van der Waals surface area contributed by atoms with Crippen LogP contribution in [0.3, 0.4) is 0 Å². The molecule has 0 aromatic heterocycles. The standard InChI is InChI=1S/C24H32N2O5S/c1-30-22-13-8-10-20(18-22)26(32(28,29)23-14-6-3-7-15-23)19-24(27)25-16-9-17-31-21-11-4-2-5-12-21/h3,6-8,10,13-15,18,21H,2,4-5,9,11-12,16-17,19H2,1H3,(H,25,27). The number of hydrogen-bond donors (Lipinski definition) is 1. The Morgan fingerprint density at radius 3 is 2.53 bits per heavy atom. The van der Waals surface area contributed by atoms with Crippen LogP contribution in [0.25, 0.3) is 0 Å². The molecule has 0 unspecified atom stereocenters. The number of benzene rings is 2. The van der Waals surface area contributed by atoms with E-state index >= 15 is 0 Å². The molecule has 0 radical (unpaired) electrons. The highest BCUT2D eigenvalue weighted by atomic mass is 32.2. The zero-order chi connectivity index (χ0) is 22.8. The minimum Gasteiger partial charge on any atom is -0.497 e. The van der Waals surface area contributed by atoms with Gasteiger partial charge in [-0.3, -0.25) is 9.10 Å². The number of nitrogens with zero attached hydrogens (tertiary/aromatic N) is 1. The summed E-state index contributed by atoms with van der Waals surface area (Å²) in [5, 5.41) is 2.82. The number of sulfonamides is 1. The highest BCUT2D eigenvalue weighted by Crippen LogP contribution is 2.26. The molecule has 3 rings (SSSR count). The fourth-order valence-electron chi connectivity index (χ4n) is 3.77. The van der Waals surface area contributed by atoms with E-state index in [1.807, 2.05) is 0 Å². The van der Waals surface area contributed by atoms with E-state index in [2.05, 4.69) is 5.32 Å². The molecule has 174 valence electrons. The van der Waals surface area contributed by atoms with Crippen LogP contribution >= 0.6 is 0 Å². The van der Waals surface area contributed by atoms with Crippen molar-refractivity contribution in [3.8, 4) is 5.75 Å². The molecule has 0 saturated heterocycles. The molecule has 32 heavy (non-hydrogen) atoms. The van der Waals surface area contributed by atoms with Crippen molar-refractivity contribution < 1.29 is 22.7 Å². The summed E-state index contributed by atoms with van der Waals surface area (Å²) in [4.78, 5) is 12.8. The molecule has 0 aliphatic heterocycles. The van der Waals surface area contributed by atoms with E-state index in [9.17, 15) is 13.2 Å². The van der Waals surface area contributed by atoms with E-state index in [0.29, 0.717) is 37.1 Å². The molecule has 1 N–H and O–H groups in total. The van der Waals surface area contributed by atoms with Crippen molar-refractivity contribution in [2.75, 3.05) is 31.1 Å². The number of carbonyl (C=O) groups is 1. The van der Waals surface area contributed by atoms with E-state index in [0.717, 1.165) is 17.1 Å². The van der Waals surface area contributed by atoms with Crippen LogP contribution in [0, 0.1) is 0 Å². The first kappa shape index (κ1) is 24.1. The van der Waals surface area contributed by atoms with Crippen LogP contribution in [0.1, 0.15) is 38.5 Å². The Morgan fingerprint density at radius 2 is 1.81 bits per heavy atom. The van der Waals surface area contributed by atoms with Crippen LogP contribution in [0.4, 0.5) is 5.69 Å². The molecule has 7 nitrogen and oxygen atoms in total. The monoisotopic (exact) mass is 460 g/mol. The van der Waals surface area contributed by atoms with E-state index in [1.54, 1.807) is 42.5 Å². The minimum absolute atomic E-state index is 0.122. The average molecular weight is 461 g/mol. The van der Waals surface area contributed by atoms with Crippen molar-refractivity contribution in [1.82, 2.24) is 5.32 Å². The maximum atomic E-state index is 13.3. The van der Waals surface area contributed by atoms with Crippen molar-refractivity contribution in [3.63, 3.8) is 0 Å². The van der Waals surface area contributed by atoms with E-state index < -0.39 is 10.0 Å². The van der Waals surface area contributed by atoms with Gasteiger partial charge in [0.1, 0.15) is 12.3 Å². The van der Waals surface area contributed by atoms with Crippen LogP contribution in [-0.4, -0.2) is 47.2 Å². The molecule has 0 atom stereocenters. The molecule has 8 heteroatoms. The Balaban J connectivity index is 1.62. The third kappa shape index (κ3) is 6.71. The lowest BCUT2D eigenvalue weighted by Gasteiger charge is -2.24. The molecule has 2 aromatic rings. The smallest absolute Gasteiger partial charge is 0.264 e. The van der Waals surface area contributed by atoms with Crippen LogP contribution in [-0.2, 0) is 19.6 Å². The molecule has 0 bridgehead atoms. The van der Waals surface area contributed by atoms with Gasteiger partial charge in [-0.2, -0.15) is 0 Å². The predicted molar refractivity (Wildman–Crippen MR) is 124 cm³/mol. The minimum atomic E-state index is -3.93. The maximum absolute atomic E-state index is 13.3. The van der Waals surface area contributed by atoms with Crippen LogP contribution in [0.15, 0.2) is 59.5 Å². The molecule has 1 fully saturated rings. The lowest BCUT2D eigenvalue weighted by Crippen LogP contribution is -2.41. The van der Waals surface area contributed by atoms with Gasteiger partial charge >= 0.3 is 0 Å². The molecule has 1 saturated carbocycles. The van der Waals surface area contributed by atoms with Crippen LogP contribution in [0.2, 0.25) is 0 Å². The van der Waals surface area contributed by atoms with E-state index in [1.165, 1.54) is 38.5 Å². The number of anilines is 1. The van der Waals surface area contributed by atoms with Crippen molar-refractivity contribution in [3.05, 3.63) is 54.6 Å². The Labute approximate surface area is 190 Å². The number of carbonyl (C=O) groups excluding carboxylic acids is 1. The van der Waals surface area contributed by atoms with E-state index in [4.69, 9.17) is 9.47 Å². The van der Waals surface area contributed by atoms with Gasteiger partial charge in [0.2, 0.25) is 5.91 Å². The lowest BCUT2D eigenvalue weighted by molar-refractivity contribution is -0.119. The van der Waals surface area contributed by atoms with Crippen LogP contribution in [0.5, 0.6) is 5.75 Å². The number of methoxy groups -OCH3 is 1. The summed E-state index contributed by atoms with van der Waals surface area (Å²) < 4.78 is 38.8.